The first-order valence-electron chi connectivity index (χ1n) is 9.29. The van der Waals surface area contributed by atoms with Gasteiger partial charge < -0.3 is 5.32 Å². The van der Waals surface area contributed by atoms with E-state index in [9.17, 15) is 0 Å². The van der Waals surface area contributed by atoms with Gasteiger partial charge in [0, 0.05) is 14.8 Å². The van der Waals surface area contributed by atoms with Gasteiger partial charge in [-0.05, 0) is 79.2 Å². The maximum atomic E-state index is 6.28. The van der Waals surface area contributed by atoms with Gasteiger partial charge in [0.1, 0.15) is 0 Å². The van der Waals surface area contributed by atoms with E-state index in [1.807, 2.05) is 17.8 Å². The summed E-state index contributed by atoms with van der Waals surface area (Å²) in [6.07, 6.45) is 9.09. The standard InChI is InChI=1S/C22H24ClNS.ClH/c23-17-11-12-22-20(14-17)18(19-8-3-4-10-21(19)25-22)9-5-13-24-15-16-6-1-2-7-16;/h3-4,8-12,14,16,24H,1-2,5-7,13,15H2;1H/b18-9+;. The molecule has 1 fully saturated rings. The van der Waals surface area contributed by atoms with E-state index in [1.54, 1.807) is 0 Å². The van der Waals surface area contributed by atoms with Gasteiger partial charge in [-0.15, -0.1) is 12.4 Å². The summed E-state index contributed by atoms with van der Waals surface area (Å²) in [4.78, 5) is 2.63. The van der Waals surface area contributed by atoms with Crippen molar-refractivity contribution in [3.05, 3.63) is 64.7 Å². The van der Waals surface area contributed by atoms with Gasteiger partial charge in [0.15, 0.2) is 0 Å². The highest BCUT2D eigenvalue weighted by Crippen LogP contribution is 2.46. The lowest BCUT2D eigenvalue weighted by molar-refractivity contribution is 0.493. The highest BCUT2D eigenvalue weighted by atomic mass is 35.5. The van der Waals surface area contributed by atoms with Crippen LogP contribution in [0.3, 0.4) is 0 Å². The van der Waals surface area contributed by atoms with E-state index in [2.05, 4.69) is 47.8 Å². The van der Waals surface area contributed by atoms with Crippen molar-refractivity contribution in [1.29, 1.82) is 0 Å². The number of hydrogen-bond donors (Lipinski definition) is 1. The molecule has 0 saturated heterocycles. The molecule has 0 aromatic heterocycles. The summed E-state index contributed by atoms with van der Waals surface area (Å²) in [6.45, 7) is 2.23. The monoisotopic (exact) mass is 405 g/mol. The Morgan fingerprint density at radius 3 is 2.65 bits per heavy atom. The molecule has 0 unspecified atom stereocenters. The van der Waals surface area contributed by atoms with Crippen LogP contribution in [0, 0.1) is 5.92 Å². The van der Waals surface area contributed by atoms with Crippen LogP contribution < -0.4 is 5.32 Å². The minimum Gasteiger partial charge on any atom is -0.316 e. The Balaban J connectivity index is 0.00000196. The molecule has 0 atom stereocenters. The number of nitrogens with one attached hydrogen (secondary N) is 1. The first kappa shape index (κ1) is 19.8. The Hall–Kier alpha value is -0.930. The molecule has 4 heteroatoms. The quantitative estimate of drug-likeness (QED) is 0.466. The second kappa shape index (κ2) is 9.32. The van der Waals surface area contributed by atoms with E-state index in [4.69, 9.17) is 11.6 Å². The van der Waals surface area contributed by atoms with Gasteiger partial charge in [-0.2, -0.15) is 0 Å². The molecule has 0 spiro atoms. The van der Waals surface area contributed by atoms with Crippen LogP contribution in [0.5, 0.6) is 0 Å². The first-order valence-corrected chi connectivity index (χ1v) is 10.5. The van der Waals surface area contributed by atoms with E-state index < -0.39 is 0 Å². The molecule has 1 aliphatic carbocycles. The second-order valence-electron chi connectivity index (χ2n) is 7.00. The van der Waals surface area contributed by atoms with Crippen LogP contribution >= 0.6 is 35.8 Å². The van der Waals surface area contributed by atoms with Gasteiger partial charge in [-0.1, -0.05) is 60.5 Å². The van der Waals surface area contributed by atoms with Crippen molar-refractivity contribution in [2.24, 2.45) is 5.92 Å². The highest BCUT2D eigenvalue weighted by molar-refractivity contribution is 7.99. The number of rotatable bonds is 5. The molecule has 1 nitrogen and oxygen atoms in total. The van der Waals surface area contributed by atoms with Crippen molar-refractivity contribution in [2.75, 3.05) is 13.1 Å². The first-order chi connectivity index (χ1) is 12.3. The van der Waals surface area contributed by atoms with E-state index in [1.165, 1.54) is 58.7 Å². The lowest BCUT2D eigenvalue weighted by Crippen LogP contribution is -2.22. The minimum absolute atomic E-state index is 0. The summed E-state index contributed by atoms with van der Waals surface area (Å²) in [7, 11) is 0. The van der Waals surface area contributed by atoms with E-state index in [0.717, 1.165) is 23.9 Å². The van der Waals surface area contributed by atoms with Crippen LogP contribution in [-0.4, -0.2) is 13.1 Å². The van der Waals surface area contributed by atoms with Gasteiger partial charge >= 0.3 is 0 Å². The minimum atomic E-state index is 0. The Kier molecular flexibility index (Phi) is 7.11. The summed E-state index contributed by atoms with van der Waals surface area (Å²) < 4.78 is 0. The molecule has 2 aromatic rings. The topological polar surface area (TPSA) is 12.0 Å². The fraction of sp³-hybridized carbons (Fsp3) is 0.364. The fourth-order valence-corrected chi connectivity index (χ4v) is 5.16. The summed E-state index contributed by atoms with van der Waals surface area (Å²) in [6, 6.07) is 14.9. The molecule has 1 saturated carbocycles. The maximum Gasteiger partial charge on any atom is 0.0412 e. The zero-order valence-electron chi connectivity index (χ0n) is 14.8. The van der Waals surface area contributed by atoms with Gasteiger partial charge in [0.05, 0.1) is 0 Å². The van der Waals surface area contributed by atoms with E-state index in [-0.39, 0.29) is 12.4 Å². The third kappa shape index (κ3) is 4.48. The molecular weight excluding hydrogens is 381 g/mol. The van der Waals surface area contributed by atoms with Crippen molar-refractivity contribution in [1.82, 2.24) is 5.32 Å². The van der Waals surface area contributed by atoms with Crippen molar-refractivity contribution in [3.63, 3.8) is 0 Å². The lowest BCUT2D eigenvalue weighted by Gasteiger charge is -2.22. The van der Waals surface area contributed by atoms with E-state index in [0.29, 0.717) is 0 Å². The number of halogens is 2. The van der Waals surface area contributed by atoms with Crippen LogP contribution in [0.15, 0.2) is 58.3 Å². The average molecular weight is 406 g/mol. The normalized spacial score (nSPS) is 17.7. The fourth-order valence-electron chi connectivity index (χ4n) is 3.90. The third-order valence-electron chi connectivity index (χ3n) is 5.21. The molecule has 1 heterocycles. The number of fused-ring (bicyclic) bond motifs is 2. The SMILES string of the molecule is Cl.Clc1ccc2c(c1)/C(=C/CCNCC1CCCC1)c1ccccc1S2. The predicted molar refractivity (Wildman–Crippen MR) is 116 cm³/mol. The molecule has 1 aliphatic heterocycles. The van der Waals surface area contributed by atoms with Crippen molar-refractivity contribution in [2.45, 2.75) is 41.9 Å². The van der Waals surface area contributed by atoms with Crippen LogP contribution in [-0.2, 0) is 0 Å². The Morgan fingerprint density at radius 2 is 1.81 bits per heavy atom. The van der Waals surface area contributed by atoms with Gasteiger partial charge in [0.2, 0.25) is 0 Å². The molecule has 2 aromatic carbocycles. The highest BCUT2D eigenvalue weighted by Gasteiger charge is 2.20. The molecule has 1 N–H and O–H groups in total. The molecule has 4 rings (SSSR count). The van der Waals surface area contributed by atoms with E-state index >= 15 is 0 Å². The van der Waals surface area contributed by atoms with Gasteiger partial charge in [-0.3, -0.25) is 0 Å². The molecule has 0 amide bonds. The van der Waals surface area contributed by atoms with Crippen LogP contribution in [0.25, 0.3) is 5.57 Å². The Labute approximate surface area is 172 Å². The molecular formula is C22H25Cl2NS. The zero-order chi connectivity index (χ0) is 17.1. The van der Waals surface area contributed by atoms with Crippen molar-refractivity contribution < 1.29 is 0 Å². The number of benzene rings is 2. The molecule has 138 valence electrons. The van der Waals surface area contributed by atoms with Crippen LogP contribution in [0.4, 0.5) is 0 Å². The predicted octanol–water partition coefficient (Wildman–Crippen LogP) is 6.83. The molecule has 2 aliphatic rings. The summed E-state index contributed by atoms with van der Waals surface area (Å²) in [5.41, 5.74) is 3.93. The van der Waals surface area contributed by atoms with Crippen molar-refractivity contribution >= 4 is 41.3 Å². The zero-order valence-corrected chi connectivity index (χ0v) is 17.2. The van der Waals surface area contributed by atoms with Crippen LogP contribution in [0.2, 0.25) is 5.02 Å². The molecule has 0 bridgehead atoms. The maximum absolute atomic E-state index is 6.28. The Morgan fingerprint density at radius 1 is 1.04 bits per heavy atom. The third-order valence-corrected chi connectivity index (χ3v) is 6.59. The summed E-state index contributed by atoms with van der Waals surface area (Å²) >= 11 is 8.12. The average Bonchev–Trinajstić information content (AvgIpc) is 3.14. The molecule has 26 heavy (non-hydrogen) atoms. The largest absolute Gasteiger partial charge is 0.316 e. The van der Waals surface area contributed by atoms with Crippen LogP contribution in [0.1, 0.15) is 43.2 Å². The second-order valence-corrected chi connectivity index (χ2v) is 8.52. The molecule has 0 radical (unpaired) electrons. The summed E-state index contributed by atoms with van der Waals surface area (Å²) in [5.74, 6) is 0.902. The number of hydrogen-bond acceptors (Lipinski definition) is 2. The van der Waals surface area contributed by atoms with Gasteiger partial charge in [-0.25, -0.2) is 0 Å². The Bertz CT molecular complexity index is 781. The van der Waals surface area contributed by atoms with Crippen molar-refractivity contribution in [3.8, 4) is 0 Å². The smallest absolute Gasteiger partial charge is 0.0412 e. The summed E-state index contributed by atoms with van der Waals surface area (Å²) in [5, 5.41) is 4.46. The van der Waals surface area contributed by atoms with Gasteiger partial charge in [0.25, 0.3) is 0 Å². The lowest BCUT2D eigenvalue weighted by atomic mass is 9.96.